The average molecular weight is 341 g/mol. The standard InChI is InChI=1S/C18H19N3O4/c1-11-15(12-6-5-9-19-10-12)21(22)18(20-11)13-7-8-14(23-2)17(25-4)16(13)24-3/h5-10,22H,1-4H3. The number of hydrogen-bond donors (Lipinski definition) is 1. The summed E-state index contributed by atoms with van der Waals surface area (Å²) in [5.74, 6) is 1.74. The number of aryl methyl sites for hydroxylation is 1. The lowest BCUT2D eigenvalue weighted by atomic mass is 10.1. The van der Waals surface area contributed by atoms with Crippen LogP contribution in [0, 0.1) is 6.92 Å². The summed E-state index contributed by atoms with van der Waals surface area (Å²) in [6.45, 7) is 1.83. The van der Waals surface area contributed by atoms with Crippen molar-refractivity contribution in [3.8, 4) is 39.9 Å². The number of nitrogens with zero attached hydrogens (tertiary/aromatic N) is 3. The highest BCUT2D eigenvalue weighted by Gasteiger charge is 2.23. The summed E-state index contributed by atoms with van der Waals surface area (Å²) in [5.41, 5.74) is 2.59. The first-order valence-electron chi connectivity index (χ1n) is 7.60. The van der Waals surface area contributed by atoms with Crippen molar-refractivity contribution in [1.82, 2.24) is 14.7 Å². The lowest BCUT2D eigenvalue weighted by Crippen LogP contribution is -2.01. The Labute approximate surface area is 145 Å². The molecule has 0 aliphatic heterocycles. The van der Waals surface area contributed by atoms with Gasteiger partial charge in [0, 0.05) is 18.0 Å². The quantitative estimate of drug-likeness (QED) is 0.718. The summed E-state index contributed by atoms with van der Waals surface area (Å²) in [6.07, 6.45) is 3.35. The maximum absolute atomic E-state index is 10.7. The molecule has 0 aliphatic carbocycles. The van der Waals surface area contributed by atoms with Gasteiger partial charge < -0.3 is 19.4 Å². The van der Waals surface area contributed by atoms with E-state index >= 15 is 0 Å². The van der Waals surface area contributed by atoms with Crippen LogP contribution in [0.4, 0.5) is 0 Å². The van der Waals surface area contributed by atoms with E-state index in [1.165, 1.54) is 14.2 Å². The Bertz CT molecular complexity index is 891. The van der Waals surface area contributed by atoms with Crippen LogP contribution in [0.5, 0.6) is 17.2 Å². The fourth-order valence-corrected chi connectivity index (χ4v) is 2.80. The Hall–Kier alpha value is -3.22. The van der Waals surface area contributed by atoms with Crippen LogP contribution in [0.3, 0.4) is 0 Å². The van der Waals surface area contributed by atoms with E-state index in [0.29, 0.717) is 40.0 Å². The third-order valence-electron chi connectivity index (χ3n) is 3.91. The van der Waals surface area contributed by atoms with Crippen LogP contribution >= 0.6 is 0 Å². The molecule has 0 aliphatic rings. The van der Waals surface area contributed by atoms with Crippen LogP contribution in [-0.4, -0.2) is 41.2 Å². The lowest BCUT2D eigenvalue weighted by molar-refractivity contribution is 0.195. The molecule has 0 unspecified atom stereocenters. The maximum Gasteiger partial charge on any atom is 0.204 e. The zero-order chi connectivity index (χ0) is 18.0. The van der Waals surface area contributed by atoms with Gasteiger partial charge in [-0.1, -0.05) is 0 Å². The Morgan fingerprint density at radius 3 is 2.36 bits per heavy atom. The minimum absolute atomic E-state index is 0.342. The van der Waals surface area contributed by atoms with Crippen LogP contribution in [0.25, 0.3) is 22.6 Å². The van der Waals surface area contributed by atoms with Crippen molar-refractivity contribution >= 4 is 0 Å². The van der Waals surface area contributed by atoms with Crippen molar-refractivity contribution in [2.24, 2.45) is 0 Å². The molecule has 0 bridgehead atoms. The van der Waals surface area contributed by atoms with Crippen LogP contribution in [0.1, 0.15) is 5.69 Å². The van der Waals surface area contributed by atoms with E-state index in [2.05, 4.69) is 9.97 Å². The molecule has 2 heterocycles. The van der Waals surface area contributed by atoms with Gasteiger partial charge in [0.05, 0.1) is 32.6 Å². The smallest absolute Gasteiger partial charge is 0.204 e. The molecule has 0 saturated heterocycles. The van der Waals surface area contributed by atoms with E-state index in [1.54, 1.807) is 37.7 Å². The molecule has 130 valence electrons. The van der Waals surface area contributed by atoms with Gasteiger partial charge in [-0.2, -0.15) is 4.73 Å². The minimum Gasteiger partial charge on any atom is -0.493 e. The molecular weight excluding hydrogens is 322 g/mol. The SMILES string of the molecule is COc1ccc(-c2nc(C)c(-c3cccnc3)n2O)c(OC)c1OC. The molecule has 7 heteroatoms. The summed E-state index contributed by atoms with van der Waals surface area (Å²) in [6, 6.07) is 7.17. The zero-order valence-corrected chi connectivity index (χ0v) is 14.5. The molecule has 0 amide bonds. The molecule has 2 aromatic heterocycles. The number of pyridine rings is 1. The summed E-state index contributed by atoms with van der Waals surface area (Å²) in [5, 5.41) is 10.7. The molecular formula is C18H19N3O4. The first-order chi connectivity index (χ1) is 12.1. The van der Waals surface area contributed by atoms with Crippen LogP contribution in [0.15, 0.2) is 36.7 Å². The fourth-order valence-electron chi connectivity index (χ4n) is 2.80. The Kier molecular flexibility index (Phi) is 4.47. The largest absolute Gasteiger partial charge is 0.493 e. The predicted molar refractivity (Wildman–Crippen MR) is 92.5 cm³/mol. The number of rotatable bonds is 5. The van der Waals surface area contributed by atoms with Gasteiger partial charge in [0.2, 0.25) is 5.75 Å². The van der Waals surface area contributed by atoms with E-state index in [-0.39, 0.29) is 0 Å². The highest BCUT2D eigenvalue weighted by Crippen LogP contribution is 2.44. The van der Waals surface area contributed by atoms with Gasteiger partial charge in [-0.25, -0.2) is 4.98 Å². The molecule has 3 aromatic rings. The highest BCUT2D eigenvalue weighted by atomic mass is 16.5. The lowest BCUT2D eigenvalue weighted by Gasteiger charge is -2.15. The fraction of sp³-hybridized carbons (Fsp3) is 0.222. The summed E-state index contributed by atoms with van der Waals surface area (Å²) < 4.78 is 17.2. The zero-order valence-electron chi connectivity index (χ0n) is 14.5. The molecule has 7 nitrogen and oxygen atoms in total. The van der Waals surface area contributed by atoms with Gasteiger partial charge in [0.15, 0.2) is 17.3 Å². The second-order valence-electron chi connectivity index (χ2n) is 5.30. The first kappa shape index (κ1) is 16.6. The number of hydrogen-bond acceptors (Lipinski definition) is 6. The number of ether oxygens (including phenoxy) is 3. The molecule has 3 rings (SSSR count). The number of aromatic nitrogens is 3. The van der Waals surface area contributed by atoms with E-state index < -0.39 is 0 Å². The van der Waals surface area contributed by atoms with Crippen molar-refractivity contribution in [2.45, 2.75) is 6.92 Å². The second-order valence-corrected chi connectivity index (χ2v) is 5.30. The van der Waals surface area contributed by atoms with Gasteiger partial charge in [0.25, 0.3) is 0 Å². The van der Waals surface area contributed by atoms with Crippen molar-refractivity contribution in [3.05, 3.63) is 42.4 Å². The monoisotopic (exact) mass is 341 g/mol. The molecule has 0 radical (unpaired) electrons. The van der Waals surface area contributed by atoms with Gasteiger partial charge >= 0.3 is 0 Å². The van der Waals surface area contributed by atoms with Gasteiger partial charge in [-0.05, 0) is 31.2 Å². The van der Waals surface area contributed by atoms with E-state index in [0.717, 1.165) is 10.3 Å². The normalized spacial score (nSPS) is 10.6. The maximum atomic E-state index is 10.7. The van der Waals surface area contributed by atoms with Crippen molar-refractivity contribution in [1.29, 1.82) is 0 Å². The topological polar surface area (TPSA) is 78.6 Å². The Morgan fingerprint density at radius 1 is 1.00 bits per heavy atom. The molecule has 0 saturated carbocycles. The minimum atomic E-state index is 0.342. The molecule has 0 atom stereocenters. The van der Waals surface area contributed by atoms with Crippen LogP contribution < -0.4 is 14.2 Å². The predicted octanol–water partition coefficient (Wildman–Crippen LogP) is 3.18. The van der Waals surface area contributed by atoms with Crippen LogP contribution in [-0.2, 0) is 0 Å². The van der Waals surface area contributed by atoms with E-state index in [4.69, 9.17) is 14.2 Å². The molecule has 0 spiro atoms. The Morgan fingerprint density at radius 2 is 1.76 bits per heavy atom. The average Bonchev–Trinajstić information content (AvgIpc) is 2.94. The van der Waals surface area contributed by atoms with Gasteiger partial charge in [-0.3, -0.25) is 4.98 Å². The van der Waals surface area contributed by atoms with E-state index in [9.17, 15) is 5.21 Å². The van der Waals surface area contributed by atoms with E-state index in [1.807, 2.05) is 13.0 Å². The summed E-state index contributed by atoms with van der Waals surface area (Å²) >= 11 is 0. The molecule has 25 heavy (non-hydrogen) atoms. The third-order valence-corrected chi connectivity index (χ3v) is 3.91. The van der Waals surface area contributed by atoms with Crippen molar-refractivity contribution in [3.63, 3.8) is 0 Å². The van der Waals surface area contributed by atoms with Crippen molar-refractivity contribution < 1.29 is 19.4 Å². The van der Waals surface area contributed by atoms with Crippen molar-refractivity contribution in [2.75, 3.05) is 21.3 Å². The summed E-state index contributed by atoms with van der Waals surface area (Å²) in [7, 11) is 4.61. The van der Waals surface area contributed by atoms with Gasteiger partial charge in [0.1, 0.15) is 5.69 Å². The van der Waals surface area contributed by atoms with Crippen LogP contribution in [0.2, 0.25) is 0 Å². The molecule has 1 aromatic carbocycles. The third kappa shape index (κ3) is 2.73. The number of methoxy groups -OCH3 is 3. The second kappa shape index (κ2) is 6.72. The van der Waals surface area contributed by atoms with Gasteiger partial charge in [-0.15, -0.1) is 0 Å². The molecule has 0 fully saturated rings. The first-order valence-corrected chi connectivity index (χ1v) is 7.60. The molecule has 1 N–H and O–H groups in total. The highest BCUT2D eigenvalue weighted by molar-refractivity contribution is 5.75. The number of benzene rings is 1. The Balaban J connectivity index is 2.22. The number of imidazole rings is 1. The summed E-state index contributed by atoms with van der Waals surface area (Å²) in [4.78, 5) is 8.60.